The maximum absolute atomic E-state index is 12.1. The molecule has 1 aromatic carbocycles. The van der Waals surface area contributed by atoms with Crippen LogP contribution in [0.15, 0.2) is 47.1 Å². The standard InChI is InChI=1S/C16H19BrN2O2/c1-2-21-11-10-19-9-8-14(17)15(19)12-18-16(20)13-6-4-3-5-7-13/h3-9H,2,10-12H2,1H3,(H,18,20). The monoisotopic (exact) mass is 350 g/mol. The van der Waals surface area contributed by atoms with Crippen molar-refractivity contribution in [2.45, 2.75) is 20.0 Å². The quantitative estimate of drug-likeness (QED) is 0.779. The van der Waals surface area contributed by atoms with Gasteiger partial charge in [0, 0.05) is 29.4 Å². The molecule has 21 heavy (non-hydrogen) atoms. The van der Waals surface area contributed by atoms with Crippen LogP contribution in [0.5, 0.6) is 0 Å². The molecule has 0 aliphatic heterocycles. The first-order chi connectivity index (χ1) is 10.2. The molecule has 2 rings (SSSR count). The third-order valence-electron chi connectivity index (χ3n) is 3.16. The predicted molar refractivity (Wildman–Crippen MR) is 86.2 cm³/mol. The van der Waals surface area contributed by atoms with Crippen molar-refractivity contribution in [3.05, 3.63) is 58.3 Å². The van der Waals surface area contributed by atoms with Crippen LogP contribution in [-0.2, 0) is 17.8 Å². The fourth-order valence-electron chi connectivity index (χ4n) is 2.04. The maximum atomic E-state index is 12.1. The minimum atomic E-state index is -0.0694. The number of hydrogen-bond donors (Lipinski definition) is 1. The molecule has 0 saturated carbocycles. The van der Waals surface area contributed by atoms with Crippen molar-refractivity contribution < 1.29 is 9.53 Å². The number of amides is 1. The summed E-state index contributed by atoms with van der Waals surface area (Å²) in [5.74, 6) is -0.0694. The van der Waals surface area contributed by atoms with Gasteiger partial charge in [0.25, 0.3) is 5.91 Å². The highest BCUT2D eigenvalue weighted by molar-refractivity contribution is 9.10. The lowest BCUT2D eigenvalue weighted by molar-refractivity contribution is 0.0949. The highest BCUT2D eigenvalue weighted by Gasteiger charge is 2.10. The van der Waals surface area contributed by atoms with E-state index in [0.717, 1.165) is 16.7 Å². The predicted octanol–water partition coefficient (Wildman–Crippen LogP) is 3.22. The molecule has 0 unspecified atom stereocenters. The van der Waals surface area contributed by atoms with Gasteiger partial charge in [-0.15, -0.1) is 0 Å². The second kappa shape index (κ2) is 8.00. The zero-order valence-electron chi connectivity index (χ0n) is 12.0. The number of rotatable bonds is 7. The van der Waals surface area contributed by atoms with Crippen molar-refractivity contribution in [3.8, 4) is 0 Å². The van der Waals surface area contributed by atoms with Gasteiger partial charge >= 0.3 is 0 Å². The Bertz CT molecular complexity index is 581. The average Bonchev–Trinajstić information content (AvgIpc) is 2.86. The van der Waals surface area contributed by atoms with Crippen molar-refractivity contribution in [3.63, 3.8) is 0 Å². The van der Waals surface area contributed by atoms with Gasteiger partial charge in [-0.05, 0) is 41.1 Å². The molecule has 5 heteroatoms. The van der Waals surface area contributed by atoms with Gasteiger partial charge in [-0.1, -0.05) is 18.2 Å². The Morgan fingerprint density at radius 2 is 2.05 bits per heavy atom. The Morgan fingerprint density at radius 3 is 2.76 bits per heavy atom. The second-order valence-corrected chi connectivity index (χ2v) is 5.40. The van der Waals surface area contributed by atoms with Crippen LogP contribution < -0.4 is 5.32 Å². The number of hydrogen-bond acceptors (Lipinski definition) is 2. The van der Waals surface area contributed by atoms with E-state index in [1.54, 1.807) is 12.1 Å². The first kappa shape index (κ1) is 15.8. The van der Waals surface area contributed by atoms with Gasteiger partial charge in [0.05, 0.1) is 18.8 Å². The summed E-state index contributed by atoms with van der Waals surface area (Å²) in [5, 5.41) is 2.94. The van der Waals surface area contributed by atoms with Gasteiger partial charge in [-0.2, -0.15) is 0 Å². The largest absolute Gasteiger partial charge is 0.380 e. The van der Waals surface area contributed by atoms with Gasteiger partial charge in [-0.25, -0.2) is 0 Å². The Morgan fingerprint density at radius 1 is 1.29 bits per heavy atom. The molecule has 0 spiro atoms. The number of aromatic nitrogens is 1. The molecule has 0 bridgehead atoms. The van der Waals surface area contributed by atoms with E-state index in [1.165, 1.54) is 0 Å². The van der Waals surface area contributed by atoms with Crippen LogP contribution in [0.1, 0.15) is 23.0 Å². The first-order valence-electron chi connectivity index (χ1n) is 6.97. The van der Waals surface area contributed by atoms with Crippen molar-refractivity contribution in [1.29, 1.82) is 0 Å². The van der Waals surface area contributed by atoms with E-state index in [1.807, 2.05) is 37.4 Å². The molecule has 0 aliphatic carbocycles. The SMILES string of the molecule is CCOCCn1ccc(Br)c1CNC(=O)c1ccccc1. The van der Waals surface area contributed by atoms with Gasteiger partial charge in [0.1, 0.15) is 0 Å². The third kappa shape index (κ3) is 4.44. The highest BCUT2D eigenvalue weighted by atomic mass is 79.9. The summed E-state index contributed by atoms with van der Waals surface area (Å²) in [4.78, 5) is 12.1. The van der Waals surface area contributed by atoms with Gasteiger partial charge in [0.2, 0.25) is 0 Å². The number of nitrogens with zero attached hydrogens (tertiary/aromatic N) is 1. The van der Waals surface area contributed by atoms with Crippen LogP contribution in [0.2, 0.25) is 0 Å². The Kier molecular flexibility index (Phi) is 6.02. The van der Waals surface area contributed by atoms with Crippen LogP contribution in [0.25, 0.3) is 0 Å². The Hall–Kier alpha value is -1.59. The number of benzene rings is 1. The van der Waals surface area contributed by atoms with Crippen LogP contribution in [0.4, 0.5) is 0 Å². The van der Waals surface area contributed by atoms with E-state index in [-0.39, 0.29) is 5.91 Å². The average molecular weight is 351 g/mol. The number of carbonyl (C=O) groups excluding carboxylic acids is 1. The molecule has 2 aromatic rings. The van der Waals surface area contributed by atoms with E-state index >= 15 is 0 Å². The topological polar surface area (TPSA) is 43.3 Å². The Labute approximate surface area is 133 Å². The summed E-state index contributed by atoms with van der Waals surface area (Å²) in [6.07, 6.45) is 1.99. The molecule has 0 saturated heterocycles. The number of ether oxygens (including phenoxy) is 1. The molecule has 1 aromatic heterocycles. The number of carbonyl (C=O) groups is 1. The molecule has 0 radical (unpaired) electrons. The molecule has 4 nitrogen and oxygen atoms in total. The summed E-state index contributed by atoms with van der Waals surface area (Å²) in [7, 11) is 0. The summed E-state index contributed by atoms with van der Waals surface area (Å²) in [6, 6.07) is 11.2. The number of nitrogens with one attached hydrogen (secondary N) is 1. The first-order valence-corrected chi connectivity index (χ1v) is 7.76. The lowest BCUT2D eigenvalue weighted by Gasteiger charge is -2.11. The summed E-state index contributed by atoms with van der Waals surface area (Å²) in [6.45, 7) is 4.61. The summed E-state index contributed by atoms with van der Waals surface area (Å²) >= 11 is 3.52. The molecule has 0 atom stereocenters. The minimum absolute atomic E-state index is 0.0694. The van der Waals surface area contributed by atoms with E-state index in [0.29, 0.717) is 25.3 Å². The molecule has 1 amide bonds. The van der Waals surface area contributed by atoms with Crippen molar-refractivity contribution >= 4 is 21.8 Å². The fourth-order valence-corrected chi connectivity index (χ4v) is 2.52. The number of halogens is 1. The molecule has 1 heterocycles. The van der Waals surface area contributed by atoms with Crippen molar-refractivity contribution in [1.82, 2.24) is 9.88 Å². The maximum Gasteiger partial charge on any atom is 0.251 e. The van der Waals surface area contributed by atoms with Crippen LogP contribution in [-0.4, -0.2) is 23.7 Å². The van der Waals surface area contributed by atoms with E-state index < -0.39 is 0 Å². The molecule has 112 valence electrons. The second-order valence-electron chi connectivity index (χ2n) is 4.55. The Balaban J connectivity index is 1.96. The lowest BCUT2D eigenvalue weighted by Crippen LogP contribution is -2.24. The van der Waals surface area contributed by atoms with Crippen LogP contribution in [0, 0.1) is 0 Å². The van der Waals surface area contributed by atoms with Crippen molar-refractivity contribution in [2.24, 2.45) is 0 Å². The van der Waals surface area contributed by atoms with Gasteiger partial charge in [-0.3, -0.25) is 4.79 Å². The summed E-state index contributed by atoms with van der Waals surface area (Å²) < 4.78 is 8.45. The van der Waals surface area contributed by atoms with Gasteiger partial charge in [0.15, 0.2) is 0 Å². The van der Waals surface area contributed by atoms with Gasteiger partial charge < -0.3 is 14.6 Å². The van der Waals surface area contributed by atoms with E-state index in [4.69, 9.17) is 4.74 Å². The van der Waals surface area contributed by atoms with Crippen molar-refractivity contribution in [2.75, 3.05) is 13.2 Å². The van der Waals surface area contributed by atoms with E-state index in [2.05, 4.69) is 25.8 Å². The smallest absolute Gasteiger partial charge is 0.251 e. The normalized spacial score (nSPS) is 10.6. The fraction of sp³-hybridized carbons (Fsp3) is 0.312. The molecular weight excluding hydrogens is 332 g/mol. The van der Waals surface area contributed by atoms with Crippen LogP contribution in [0.3, 0.4) is 0 Å². The molecule has 0 fully saturated rings. The lowest BCUT2D eigenvalue weighted by atomic mass is 10.2. The highest BCUT2D eigenvalue weighted by Crippen LogP contribution is 2.18. The molecule has 0 aliphatic rings. The van der Waals surface area contributed by atoms with E-state index in [9.17, 15) is 4.79 Å². The van der Waals surface area contributed by atoms with Crippen LogP contribution >= 0.6 is 15.9 Å². The molecular formula is C16H19BrN2O2. The third-order valence-corrected chi connectivity index (χ3v) is 3.88. The zero-order chi connectivity index (χ0) is 15.1. The minimum Gasteiger partial charge on any atom is -0.380 e. The molecule has 1 N–H and O–H groups in total. The zero-order valence-corrected chi connectivity index (χ0v) is 13.6. The summed E-state index contributed by atoms with van der Waals surface area (Å²) in [5.41, 5.74) is 1.71.